The van der Waals surface area contributed by atoms with Crippen LogP contribution in [0.5, 0.6) is 0 Å². The first kappa shape index (κ1) is 13.8. The Hall–Kier alpha value is -0.200. The Morgan fingerprint density at radius 1 is 1.05 bits per heavy atom. The van der Waals surface area contributed by atoms with Crippen LogP contribution in [0.15, 0.2) is 0 Å². The summed E-state index contributed by atoms with van der Waals surface area (Å²) in [6, 6.07) is 0.663. The van der Waals surface area contributed by atoms with Gasteiger partial charge in [-0.05, 0) is 19.4 Å². The summed E-state index contributed by atoms with van der Waals surface area (Å²) in [5.41, 5.74) is 0. The average molecular weight is 270 g/mol. The van der Waals surface area contributed by atoms with Crippen LogP contribution in [0.4, 0.5) is 0 Å². The van der Waals surface area contributed by atoms with Gasteiger partial charge in [0.2, 0.25) is 0 Å². The minimum Gasteiger partial charge on any atom is -0.391 e. The van der Waals surface area contributed by atoms with Crippen molar-refractivity contribution in [2.24, 2.45) is 5.92 Å². The number of aliphatic hydroxyl groups excluding tert-OH is 1. The van der Waals surface area contributed by atoms with Crippen LogP contribution in [0.2, 0.25) is 0 Å². The number of rotatable bonds is 4. The largest absolute Gasteiger partial charge is 0.391 e. The molecule has 0 aromatic heterocycles. The fraction of sp³-hybridized carbons (Fsp3) is 1.00. The molecule has 3 aliphatic heterocycles. The van der Waals surface area contributed by atoms with Gasteiger partial charge in [0.05, 0.1) is 25.9 Å². The van der Waals surface area contributed by atoms with Crippen molar-refractivity contribution in [3.63, 3.8) is 0 Å². The molecule has 0 spiro atoms. The van der Waals surface area contributed by atoms with E-state index in [4.69, 9.17) is 9.47 Å². The minimum atomic E-state index is -0.217. The standard InChI is InChI=1S/C14H26N2O3/c17-14(12-2-6-19-11-12)10-15-3-1-13(9-15)16-4-7-18-8-5-16/h12-14,17H,1-11H2. The molecule has 0 radical (unpaired) electrons. The van der Waals surface area contributed by atoms with E-state index >= 15 is 0 Å². The lowest BCUT2D eigenvalue weighted by atomic mass is 10.0. The molecule has 110 valence electrons. The second-order valence-corrected chi connectivity index (χ2v) is 6.04. The molecule has 0 saturated carbocycles. The van der Waals surface area contributed by atoms with Crippen LogP contribution in [-0.4, -0.2) is 86.2 Å². The maximum atomic E-state index is 10.3. The van der Waals surface area contributed by atoms with E-state index in [-0.39, 0.29) is 6.10 Å². The highest BCUT2D eigenvalue weighted by Crippen LogP contribution is 2.21. The smallest absolute Gasteiger partial charge is 0.0718 e. The molecular formula is C14H26N2O3. The maximum Gasteiger partial charge on any atom is 0.0718 e. The number of morpholine rings is 1. The molecule has 0 bridgehead atoms. The average Bonchev–Trinajstić information content (AvgIpc) is 3.11. The first-order chi connectivity index (χ1) is 9.33. The minimum absolute atomic E-state index is 0.217. The lowest BCUT2D eigenvalue weighted by Crippen LogP contribution is -2.45. The number of nitrogens with zero attached hydrogens (tertiary/aromatic N) is 2. The van der Waals surface area contributed by atoms with E-state index in [2.05, 4.69) is 9.80 Å². The second-order valence-electron chi connectivity index (χ2n) is 6.04. The molecule has 0 aliphatic carbocycles. The SMILES string of the molecule is OC(CN1CCC(N2CCOCC2)C1)C1CCOC1. The summed E-state index contributed by atoms with van der Waals surface area (Å²) in [4.78, 5) is 4.97. The van der Waals surface area contributed by atoms with Crippen LogP contribution in [0.1, 0.15) is 12.8 Å². The fourth-order valence-electron chi connectivity index (χ4n) is 3.49. The van der Waals surface area contributed by atoms with Crippen molar-refractivity contribution in [1.29, 1.82) is 0 Å². The van der Waals surface area contributed by atoms with Crippen molar-refractivity contribution in [3.05, 3.63) is 0 Å². The molecule has 0 amide bonds. The van der Waals surface area contributed by atoms with Crippen molar-refractivity contribution in [2.45, 2.75) is 25.0 Å². The Labute approximate surface area is 115 Å². The Bertz CT molecular complexity index is 278. The molecule has 3 unspecified atom stereocenters. The third-order valence-corrected chi connectivity index (χ3v) is 4.76. The van der Waals surface area contributed by atoms with E-state index in [9.17, 15) is 5.11 Å². The highest BCUT2D eigenvalue weighted by atomic mass is 16.5. The summed E-state index contributed by atoms with van der Waals surface area (Å²) >= 11 is 0. The van der Waals surface area contributed by atoms with Crippen LogP contribution < -0.4 is 0 Å². The Morgan fingerprint density at radius 3 is 2.63 bits per heavy atom. The van der Waals surface area contributed by atoms with Crippen LogP contribution >= 0.6 is 0 Å². The Kier molecular flexibility index (Phi) is 4.71. The lowest BCUT2D eigenvalue weighted by molar-refractivity contribution is 0.0159. The number of β-amino-alcohol motifs (C(OH)–C–C–N with tert-alkyl or cyclic N) is 1. The van der Waals surface area contributed by atoms with Gasteiger partial charge in [-0.25, -0.2) is 0 Å². The second kappa shape index (κ2) is 6.50. The molecule has 0 aromatic rings. The van der Waals surface area contributed by atoms with Gasteiger partial charge < -0.3 is 14.6 Å². The molecule has 1 N–H and O–H groups in total. The van der Waals surface area contributed by atoms with Gasteiger partial charge >= 0.3 is 0 Å². The van der Waals surface area contributed by atoms with Gasteiger partial charge in [0.25, 0.3) is 0 Å². The zero-order valence-corrected chi connectivity index (χ0v) is 11.7. The summed E-state index contributed by atoms with van der Waals surface area (Å²) in [6.07, 6.45) is 2.03. The molecule has 19 heavy (non-hydrogen) atoms. The number of hydrogen-bond acceptors (Lipinski definition) is 5. The lowest BCUT2D eigenvalue weighted by Gasteiger charge is -2.32. The number of hydrogen-bond donors (Lipinski definition) is 1. The molecule has 0 aromatic carbocycles. The predicted molar refractivity (Wildman–Crippen MR) is 72.2 cm³/mol. The highest BCUT2D eigenvalue weighted by molar-refractivity contribution is 4.86. The molecule has 5 nitrogen and oxygen atoms in total. The maximum absolute atomic E-state index is 10.3. The summed E-state index contributed by atoms with van der Waals surface area (Å²) in [6.45, 7) is 8.47. The summed E-state index contributed by atoms with van der Waals surface area (Å²) in [5.74, 6) is 0.349. The molecule has 3 atom stereocenters. The topological polar surface area (TPSA) is 45.2 Å². The monoisotopic (exact) mass is 270 g/mol. The van der Waals surface area contributed by atoms with Crippen LogP contribution in [0.3, 0.4) is 0 Å². The van der Waals surface area contributed by atoms with E-state index in [0.717, 1.165) is 65.6 Å². The van der Waals surface area contributed by atoms with Crippen molar-refractivity contribution in [2.75, 3.05) is 59.2 Å². The first-order valence-corrected chi connectivity index (χ1v) is 7.63. The fourth-order valence-corrected chi connectivity index (χ4v) is 3.49. The molecule has 3 heterocycles. The molecule has 3 aliphatic rings. The van der Waals surface area contributed by atoms with Crippen molar-refractivity contribution < 1.29 is 14.6 Å². The molecule has 3 rings (SSSR count). The summed E-state index contributed by atoms with van der Waals surface area (Å²) in [7, 11) is 0. The number of likely N-dealkylation sites (tertiary alicyclic amines) is 1. The van der Waals surface area contributed by atoms with Crippen LogP contribution in [-0.2, 0) is 9.47 Å². The zero-order valence-electron chi connectivity index (χ0n) is 11.7. The van der Waals surface area contributed by atoms with Crippen molar-refractivity contribution >= 4 is 0 Å². The highest BCUT2D eigenvalue weighted by Gasteiger charge is 2.32. The van der Waals surface area contributed by atoms with E-state index in [1.54, 1.807) is 0 Å². The third kappa shape index (κ3) is 3.47. The zero-order chi connectivity index (χ0) is 13.1. The van der Waals surface area contributed by atoms with Gasteiger partial charge in [-0.3, -0.25) is 9.80 Å². The number of ether oxygens (including phenoxy) is 2. The molecule has 5 heteroatoms. The first-order valence-electron chi connectivity index (χ1n) is 7.63. The van der Waals surface area contributed by atoms with Gasteiger partial charge in [-0.1, -0.05) is 0 Å². The quantitative estimate of drug-likeness (QED) is 0.766. The predicted octanol–water partition coefficient (Wildman–Crippen LogP) is -0.210. The third-order valence-electron chi connectivity index (χ3n) is 4.76. The normalized spacial score (nSPS) is 35.8. The van der Waals surface area contributed by atoms with Gasteiger partial charge in [0.1, 0.15) is 0 Å². The molecular weight excluding hydrogens is 244 g/mol. The van der Waals surface area contributed by atoms with Gasteiger partial charge in [0, 0.05) is 44.7 Å². The number of aliphatic hydroxyl groups is 1. The molecule has 3 fully saturated rings. The van der Waals surface area contributed by atoms with Crippen LogP contribution in [0, 0.1) is 5.92 Å². The summed E-state index contributed by atoms with van der Waals surface area (Å²) in [5, 5.41) is 10.3. The summed E-state index contributed by atoms with van der Waals surface area (Å²) < 4.78 is 10.8. The van der Waals surface area contributed by atoms with E-state index in [1.807, 2.05) is 0 Å². The molecule has 3 saturated heterocycles. The van der Waals surface area contributed by atoms with Gasteiger partial charge in [-0.2, -0.15) is 0 Å². The Balaban J connectivity index is 1.43. The Morgan fingerprint density at radius 2 is 1.89 bits per heavy atom. The van der Waals surface area contributed by atoms with E-state index in [0.29, 0.717) is 12.0 Å². The van der Waals surface area contributed by atoms with Crippen molar-refractivity contribution in [3.8, 4) is 0 Å². The van der Waals surface area contributed by atoms with Crippen molar-refractivity contribution in [1.82, 2.24) is 9.80 Å². The van der Waals surface area contributed by atoms with Gasteiger partial charge in [0.15, 0.2) is 0 Å². The van der Waals surface area contributed by atoms with E-state index < -0.39 is 0 Å². The van der Waals surface area contributed by atoms with Crippen LogP contribution in [0.25, 0.3) is 0 Å². The van der Waals surface area contributed by atoms with E-state index in [1.165, 1.54) is 6.42 Å². The van der Waals surface area contributed by atoms with Gasteiger partial charge in [-0.15, -0.1) is 0 Å².